The number of nitro groups is 1. The van der Waals surface area contributed by atoms with Crippen molar-refractivity contribution in [3.05, 3.63) is 97.6 Å². The number of nitro benzene ring substituents is 1. The number of hydrogen-bond donors (Lipinski definition) is 0. The van der Waals surface area contributed by atoms with Crippen LogP contribution in [0.2, 0.25) is 5.02 Å². The van der Waals surface area contributed by atoms with E-state index in [0.29, 0.717) is 27.3 Å². The molecule has 0 bridgehead atoms. The topological polar surface area (TPSA) is 72.7 Å². The number of benzene rings is 3. The summed E-state index contributed by atoms with van der Waals surface area (Å²) in [4.78, 5) is 25.3. The number of aryl methyl sites for hydroxylation is 1. The maximum Gasteiger partial charge on any atom is 0.416 e. The number of carbonyl (C=O) groups excluding carboxylic acids is 1. The lowest BCUT2D eigenvalue weighted by molar-refractivity contribution is -0.384. The molecule has 1 fully saturated rings. The van der Waals surface area contributed by atoms with Crippen molar-refractivity contribution >= 4 is 23.4 Å². The van der Waals surface area contributed by atoms with E-state index in [9.17, 15) is 28.1 Å². The van der Waals surface area contributed by atoms with Gasteiger partial charge >= 0.3 is 12.3 Å². The quantitative estimate of drug-likeness (QED) is 0.230. The number of nitrogens with zero attached hydrogens (tertiary/aromatic N) is 2. The highest BCUT2D eigenvalue weighted by atomic mass is 35.5. The molecule has 1 saturated heterocycles. The molecule has 1 aliphatic rings. The van der Waals surface area contributed by atoms with E-state index in [2.05, 4.69) is 0 Å². The second-order valence-corrected chi connectivity index (χ2v) is 10.2. The van der Waals surface area contributed by atoms with Crippen molar-refractivity contribution < 1.29 is 27.6 Å². The van der Waals surface area contributed by atoms with E-state index in [1.54, 1.807) is 32.0 Å². The van der Waals surface area contributed by atoms with Crippen LogP contribution in [0.15, 0.2) is 54.6 Å². The molecule has 3 aromatic carbocycles. The van der Waals surface area contributed by atoms with Gasteiger partial charge in [-0.05, 0) is 72.4 Å². The summed E-state index contributed by atoms with van der Waals surface area (Å²) < 4.78 is 45.7. The Balaban J connectivity index is 1.74. The molecule has 1 amide bonds. The lowest BCUT2D eigenvalue weighted by Crippen LogP contribution is -2.31. The number of amides is 1. The van der Waals surface area contributed by atoms with Crippen molar-refractivity contribution in [2.24, 2.45) is 0 Å². The molecule has 0 spiro atoms. The Bertz CT molecular complexity index is 1410. The molecule has 2 atom stereocenters. The highest BCUT2D eigenvalue weighted by molar-refractivity contribution is 6.33. The Kier molecular flexibility index (Phi) is 7.43. The average molecular weight is 547 g/mol. The first-order chi connectivity index (χ1) is 17.8. The van der Waals surface area contributed by atoms with Crippen LogP contribution in [0.3, 0.4) is 0 Å². The minimum Gasteiger partial charge on any atom is -0.439 e. The summed E-state index contributed by atoms with van der Waals surface area (Å²) in [6.45, 7) is 7.22. The zero-order valence-corrected chi connectivity index (χ0v) is 21.9. The molecule has 0 aliphatic carbocycles. The van der Waals surface area contributed by atoms with Gasteiger partial charge in [0, 0.05) is 22.7 Å². The van der Waals surface area contributed by atoms with Crippen LogP contribution >= 0.6 is 11.6 Å². The Morgan fingerprint density at radius 3 is 2.42 bits per heavy atom. The highest BCUT2D eigenvalue weighted by Gasteiger charge is 2.41. The summed E-state index contributed by atoms with van der Waals surface area (Å²) in [5.41, 5.74) is 2.38. The van der Waals surface area contributed by atoms with Crippen LogP contribution in [-0.4, -0.2) is 22.0 Å². The van der Waals surface area contributed by atoms with E-state index in [-0.39, 0.29) is 23.7 Å². The van der Waals surface area contributed by atoms with Crippen LogP contribution in [0.5, 0.6) is 0 Å². The van der Waals surface area contributed by atoms with E-state index in [0.717, 1.165) is 17.7 Å². The van der Waals surface area contributed by atoms with Gasteiger partial charge in [0.25, 0.3) is 5.69 Å². The Morgan fingerprint density at radius 1 is 1.08 bits per heavy atom. The Labute approximate surface area is 223 Å². The molecule has 6 nitrogen and oxygen atoms in total. The van der Waals surface area contributed by atoms with E-state index < -0.39 is 34.9 Å². The molecule has 1 aliphatic heterocycles. The summed E-state index contributed by atoms with van der Waals surface area (Å²) in [6.07, 6.45) is -6.22. The number of alkyl halides is 3. The van der Waals surface area contributed by atoms with Gasteiger partial charge in [-0.25, -0.2) is 4.79 Å². The smallest absolute Gasteiger partial charge is 0.416 e. The minimum atomic E-state index is -4.55. The summed E-state index contributed by atoms with van der Waals surface area (Å²) in [5.74, 6) is 0.206. The van der Waals surface area contributed by atoms with Gasteiger partial charge in [0.1, 0.15) is 6.10 Å². The number of non-ortho nitro benzene ring substituents is 1. The molecule has 3 aromatic rings. The summed E-state index contributed by atoms with van der Waals surface area (Å²) in [5, 5.41) is 12.0. The second-order valence-electron chi connectivity index (χ2n) is 9.80. The molecule has 0 saturated carbocycles. The Morgan fingerprint density at radius 2 is 1.79 bits per heavy atom. The number of cyclic esters (lactones) is 1. The first kappa shape index (κ1) is 27.4. The van der Waals surface area contributed by atoms with Crippen LogP contribution in [0, 0.1) is 17.0 Å². The fraction of sp³-hybridized carbons (Fsp3) is 0.321. The molecule has 10 heteroatoms. The maximum atomic E-state index is 13.4. The lowest BCUT2D eigenvalue weighted by Gasteiger charge is -2.23. The molecule has 0 aromatic heterocycles. The fourth-order valence-corrected chi connectivity index (χ4v) is 4.90. The van der Waals surface area contributed by atoms with Crippen molar-refractivity contribution in [3.8, 4) is 11.1 Å². The summed E-state index contributed by atoms with van der Waals surface area (Å²) in [7, 11) is 0. The third kappa shape index (κ3) is 5.48. The third-order valence-corrected chi connectivity index (χ3v) is 7.06. The molecular weight excluding hydrogens is 521 g/mol. The van der Waals surface area contributed by atoms with E-state index in [1.807, 2.05) is 26.0 Å². The van der Waals surface area contributed by atoms with Gasteiger partial charge in [-0.15, -0.1) is 0 Å². The van der Waals surface area contributed by atoms with E-state index in [1.165, 1.54) is 17.0 Å². The molecular formula is C28H26ClF3N2O4. The number of rotatable bonds is 6. The van der Waals surface area contributed by atoms with Gasteiger partial charge in [-0.3, -0.25) is 15.0 Å². The van der Waals surface area contributed by atoms with Crippen LogP contribution in [0.25, 0.3) is 11.1 Å². The SMILES string of the molecule is Cc1cc(C2OC(=O)N(Cc3cc([N+](=O)[O-])ccc3-c3cc(C(C)C)ccc3Cl)[C@H]2C)cc(C(F)(F)F)c1. The first-order valence-corrected chi connectivity index (χ1v) is 12.4. The molecule has 4 rings (SSSR count). The van der Waals surface area contributed by atoms with E-state index >= 15 is 0 Å². The van der Waals surface area contributed by atoms with Crippen LogP contribution in [-0.2, 0) is 17.5 Å². The van der Waals surface area contributed by atoms with Crippen LogP contribution in [0.4, 0.5) is 23.7 Å². The molecule has 200 valence electrons. The molecule has 1 unspecified atom stereocenters. The standard InChI is InChI=1S/C28H26ClF3N2O4/c1-15(2)18-5-8-25(29)24(13-18)23-7-6-22(34(36)37)12-20(23)14-33-17(4)26(38-27(33)35)19-9-16(3)10-21(11-19)28(30,31)32/h5-13,15,17,26H,14H2,1-4H3/t17-,26?/m0/s1. The van der Waals surface area contributed by atoms with Gasteiger partial charge in [0.2, 0.25) is 0 Å². The number of hydrogen-bond acceptors (Lipinski definition) is 4. The Hall–Kier alpha value is -3.59. The summed E-state index contributed by atoms with van der Waals surface area (Å²) in [6, 6.07) is 12.9. The van der Waals surface area contributed by atoms with Crippen molar-refractivity contribution in [3.63, 3.8) is 0 Å². The van der Waals surface area contributed by atoms with Crippen molar-refractivity contribution in [2.45, 2.75) is 58.5 Å². The van der Waals surface area contributed by atoms with Gasteiger partial charge in [0.15, 0.2) is 0 Å². The predicted octanol–water partition coefficient (Wildman–Crippen LogP) is 8.45. The van der Waals surface area contributed by atoms with Crippen molar-refractivity contribution in [1.29, 1.82) is 0 Å². The van der Waals surface area contributed by atoms with Gasteiger partial charge < -0.3 is 4.74 Å². The van der Waals surface area contributed by atoms with Crippen LogP contribution in [0.1, 0.15) is 60.6 Å². The third-order valence-electron chi connectivity index (χ3n) is 6.74. The van der Waals surface area contributed by atoms with Crippen LogP contribution < -0.4 is 0 Å². The minimum absolute atomic E-state index is 0.0618. The largest absolute Gasteiger partial charge is 0.439 e. The highest BCUT2D eigenvalue weighted by Crippen LogP contribution is 2.40. The number of ether oxygens (including phenoxy) is 1. The zero-order valence-electron chi connectivity index (χ0n) is 21.2. The fourth-order valence-electron chi connectivity index (χ4n) is 4.68. The molecule has 38 heavy (non-hydrogen) atoms. The monoisotopic (exact) mass is 546 g/mol. The predicted molar refractivity (Wildman–Crippen MR) is 138 cm³/mol. The average Bonchev–Trinajstić information content (AvgIpc) is 3.11. The second kappa shape index (κ2) is 10.3. The molecule has 1 heterocycles. The first-order valence-electron chi connectivity index (χ1n) is 12.0. The number of carbonyl (C=O) groups is 1. The number of halogens is 4. The molecule has 0 N–H and O–H groups in total. The summed E-state index contributed by atoms with van der Waals surface area (Å²) >= 11 is 6.52. The van der Waals surface area contributed by atoms with Crippen molar-refractivity contribution in [1.82, 2.24) is 4.90 Å². The maximum absolute atomic E-state index is 13.4. The van der Waals surface area contributed by atoms with E-state index in [4.69, 9.17) is 16.3 Å². The lowest BCUT2D eigenvalue weighted by atomic mass is 9.93. The van der Waals surface area contributed by atoms with Gasteiger partial charge in [-0.2, -0.15) is 13.2 Å². The van der Waals surface area contributed by atoms with Crippen molar-refractivity contribution in [2.75, 3.05) is 0 Å². The normalized spacial score (nSPS) is 17.7. The van der Waals surface area contributed by atoms with Gasteiger partial charge in [-0.1, -0.05) is 43.1 Å². The molecule has 0 radical (unpaired) electrons. The zero-order chi connectivity index (χ0) is 27.9. The van der Waals surface area contributed by atoms with Gasteiger partial charge in [0.05, 0.1) is 23.1 Å².